The lowest BCUT2D eigenvalue weighted by Gasteiger charge is -2.26. The molecule has 0 spiro atoms. The number of carboxylic acid groups (broad SMARTS) is 1. The fraction of sp³-hybridized carbons (Fsp3) is 0.857. The zero-order valence-corrected chi connectivity index (χ0v) is 13.2. The number of rotatable bonds is 5. The summed E-state index contributed by atoms with van der Waals surface area (Å²) in [6.45, 7) is 2.77. The average molecular weight is 316 g/mol. The van der Waals surface area contributed by atoms with Crippen molar-refractivity contribution in [3.05, 3.63) is 0 Å². The van der Waals surface area contributed by atoms with E-state index < -0.39 is 12.0 Å². The Balaban J connectivity index is 1.69. The standard InChI is InChI=1S/C14H24N2O4S/c1-10-16(12(9-21-10)13(17)18)14(19)15-7-8-20-11-5-3-2-4-6-11/h10-12H,2-9H2,1H3,(H,15,19)(H,17,18). The van der Waals surface area contributed by atoms with E-state index in [1.54, 1.807) is 0 Å². The lowest BCUT2D eigenvalue weighted by Crippen LogP contribution is -2.50. The largest absolute Gasteiger partial charge is 0.480 e. The first kappa shape index (κ1) is 16.4. The number of hydrogen-bond donors (Lipinski definition) is 2. The van der Waals surface area contributed by atoms with Crippen molar-refractivity contribution in [1.82, 2.24) is 10.2 Å². The molecule has 0 aromatic heterocycles. The molecule has 1 saturated carbocycles. The lowest BCUT2D eigenvalue weighted by molar-refractivity contribution is -0.141. The predicted molar refractivity (Wildman–Crippen MR) is 81.4 cm³/mol. The Morgan fingerprint density at radius 3 is 2.71 bits per heavy atom. The van der Waals surface area contributed by atoms with E-state index in [1.807, 2.05) is 6.92 Å². The van der Waals surface area contributed by atoms with E-state index in [0.717, 1.165) is 12.8 Å². The molecule has 2 amide bonds. The van der Waals surface area contributed by atoms with Crippen LogP contribution in [0.25, 0.3) is 0 Å². The molecule has 1 saturated heterocycles. The molecule has 0 radical (unpaired) electrons. The van der Waals surface area contributed by atoms with Crippen molar-refractivity contribution in [2.24, 2.45) is 0 Å². The van der Waals surface area contributed by atoms with Crippen LogP contribution >= 0.6 is 11.8 Å². The maximum atomic E-state index is 12.1. The fourth-order valence-corrected chi connectivity index (χ4v) is 4.02. The van der Waals surface area contributed by atoms with Crippen LogP contribution in [0.4, 0.5) is 4.79 Å². The summed E-state index contributed by atoms with van der Waals surface area (Å²) >= 11 is 1.49. The molecule has 0 bridgehead atoms. The molecule has 2 rings (SSSR count). The Hall–Kier alpha value is -0.950. The van der Waals surface area contributed by atoms with Gasteiger partial charge in [0, 0.05) is 12.3 Å². The van der Waals surface area contributed by atoms with Gasteiger partial charge in [-0.05, 0) is 19.8 Å². The lowest BCUT2D eigenvalue weighted by atomic mass is 9.98. The summed E-state index contributed by atoms with van der Waals surface area (Å²) in [5, 5.41) is 11.8. The normalized spacial score (nSPS) is 26.8. The van der Waals surface area contributed by atoms with Crippen LogP contribution in [-0.4, -0.2) is 58.4 Å². The molecule has 0 aromatic carbocycles. The van der Waals surface area contributed by atoms with Gasteiger partial charge < -0.3 is 15.2 Å². The number of amides is 2. The van der Waals surface area contributed by atoms with E-state index >= 15 is 0 Å². The van der Waals surface area contributed by atoms with Crippen molar-refractivity contribution in [2.45, 2.75) is 56.5 Å². The molecule has 1 heterocycles. The molecule has 0 aromatic rings. The third kappa shape index (κ3) is 4.51. The first-order valence-electron chi connectivity index (χ1n) is 7.61. The zero-order chi connectivity index (χ0) is 15.2. The summed E-state index contributed by atoms with van der Waals surface area (Å²) in [6.07, 6.45) is 6.27. The molecule has 2 N–H and O–H groups in total. The number of thioether (sulfide) groups is 1. The van der Waals surface area contributed by atoms with Gasteiger partial charge in [0.1, 0.15) is 6.04 Å². The smallest absolute Gasteiger partial charge is 0.327 e. The van der Waals surface area contributed by atoms with Crippen molar-refractivity contribution in [3.8, 4) is 0 Å². The molecular weight excluding hydrogens is 292 g/mol. The van der Waals surface area contributed by atoms with Crippen LogP contribution in [0.2, 0.25) is 0 Å². The quantitative estimate of drug-likeness (QED) is 0.757. The summed E-state index contributed by atoms with van der Waals surface area (Å²) in [6, 6.07) is -1.04. The molecule has 2 fully saturated rings. The van der Waals surface area contributed by atoms with E-state index in [4.69, 9.17) is 9.84 Å². The average Bonchev–Trinajstić information content (AvgIpc) is 2.86. The van der Waals surface area contributed by atoms with Gasteiger partial charge in [-0.3, -0.25) is 4.90 Å². The van der Waals surface area contributed by atoms with Gasteiger partial charge in [0.15, 0.2) is 0 Å². The van der Waals surface area contributed by atoms with E-state index in [0.29, 0.717) is 25.0 Å². The third-order valence-electron chi connectivity index (χ3n) is 4.03. The number of urea groups is 1. The van der Waals surface area contributed by atoms with Crippen LogP contribution in [0, 0.1) is 0 Å². The molecule has 1 aliphatic heterocycles. The highest BCUT2D eigenvalue weighted by Crippen LogP contribution is 2.28. The number of nitrogens with one attached hydrogen (secondary N) is 1. The molecule has 2 atom stereocenters. The zero-order valence-electron chi connectivity index (χ0n) is 12.4. The van der Waals surface area contributed by atoms with Crippen LogP contribution in [0.3, 0.4) is 0 Å². The molecule has 7 heteroatoms. The van der Waals surface area contributed by atoms with Crippen LogP contribution < -0.4 is 5.32 Å². The van der Waals surface area contributed by atoms with Gasteiger partial charge in [-0.2, -0.15) is 0 Å². The highest BCUT2D eigenvalue weighted by atomic mass is 32.2. The number of carboxylic acids is 1. The Kier molecular flexibility index (Phi) is 6.17. The van der Waals surface area contributed by atoms with Crippen molar-refractivity contribution < 1.29 is 19.4 Å². The summed E-state index contributed by atoms with van der Waals surface area (Å²) in [5.41, 5.74) is 0. The highest BCUT2D eigenvalue weighted by molar-refractivity contribution is 8.00. The van der Waals surface area contributed by atoms with Gasteiger partial charge in [0.05, 0.1) is 18.1 Å². The second kappa shape index (κ2) is 7.89. The number of carbonyl (C=O) groups excluding carboxylic acids is 1. The summed E-state index contributed by atoms with van der Waals surface area (Å²) in [7, 11) is 0. The van der Waals surface area contributed by atoms with Gasteiger partial charge in [-0.15, -0.1) is 11.8 Å². The Morgan fingerprint density at radius 2 is 2.05 bits per heavy atom. The second-order valence-electron chi connectivity index (χ2n) is 5.56. The first-order valence-corrected chi connectivity index (χ1v) is 8.66. The minimum absolute atomic E-state index is 0.106. The van der Waals surface area contributed by atoms with Crippen LogP contribution in [-0.2, 0) is 9.53 Å². The summed E-state index contributed by atoms with van der Waals surface area (Å²) in [4.78, 5) is 24.7. The van der Waals surface area contributed by atoms with E-state index in [1.165, 1.54) is 35.9 Å². The van der Waals surface area contributed by atoms with E-state index in [9.17, 15) is 9.59 Å². The Bertz CT molecular complexity index is 374. The van der Waals surface area contributed by atoms with Gasteiger partial charge >= 0.3 is 12.0 Å². The summed E-state index contributed by atoms with van der Waals surface area (Å²) in [5.74, 6) is -0.497. The molecule has 1 aliphatic carbocycles. The number of aliphatic carboxylic acids is 1. The first-order chi connectivity index (χ1) is 10.1. The topological polar surface area (TPSA) is 78.9 Å². The summed E-state index contributed by atoms with van der Waals surface area (Å²) < 4.78 is 5.74. The molecular formula is C14H24N2O4S. The number of hydrogen-bond acceptors (Lipinski definition) is 4. The molecule has 120 valence electrons. The van der Waals surface area contributed by atoms with Gasteiger partial charge in [-0.25, -0.2) is 9.59 Å². The molecule has 2 aliphatic rings. The third-order valence-corrected chi connectivity index (χ3v) is 5.24. The van der Waals surface area contributed by atoms with Crippen molar-refractivity contribution in [2.75, 3.05) is 18.9 Å². The van der Waals surface area contributed by atoms with Crippen LogP contribution in [0.5, 0.6) is 0 Å². The number of ether oxygens (including phenoxy) is 1. The van der Waals surface area contributed by atoms with Crippen LogP contribution in [0.1, 0.15) is 39.0 Å². The number of nitrogens with zero attached hydrogens (tertiary/aromatic N) is 1. The minimum atomic E-state index is -0.944. The Morgan fingerprint density at radius 1 is 1.33 bits per heavy atom. The second-order valence-corrected chi connectivity index (χ2v) is 6.91. The molecule has 6 nitrogen and oxygen atoms in total. The van der Waals surface area contributed by atoms with E-state index in [2.05, 4.69) is 5.32 Å². The van der Waals surface area contributed by atoms with Crippen molar-refractivity contribution in [3.63, 3.8) is 0 Å². The monoisotopic (exact) mass is 316 g/mol. The maximum absolute atomic E-state index is 12.1. The minimum Gasteiger partial charge on any atom is -0.480 e. The number of carbonyl (C=O) groups is 2. The Labute approximate surface area is 129 Å². The van der Waals surface area contributed by atoms with Crippen molar-refractivity contribution >= 4 is 23.8 Å². The predicted octanol–water partition coefficient (Wildman–Crippen LogP) is 1.89. The fourth-order valence-electron chi connectivity index (χ4n) is 2.85. The van der Waals surface area contributed by atoms with Gasteiger partial charge in [0.25, 0.3) is 0 Å². The maximum Gasteiger partial charge on any atom is 0.327 e. The van der Waals surface area contributed by atoms with E-state index in [-0.39, 0.29) is 11.4 Å². The molecule has 2 unspecified atom stereocenters. The highest BCUT2D eigenvalue weighted by Gasteiger charge is 2.39. The van der Waals surface area contributed by atoms with Crippen LogP contribution in [0.15, 0.2) is 0 Å². The van der Waals surface area contributed by atoms with Gasteiger partial charge in [-0.1, -0.05) is 19.3 Å². The van der Waals surface area contributed by atoms with Gasteiger partial charge in [0.2, 0.25) is 0 Å². The SMILES string of the molecule is CC1SCC(C(=O)O)N1C(=O)NCCOC1CCCCC1. The molecule has 21 heavy (non-hydrogen) atoms. The van der Waals surface area contributed by atoms with Crippen molar-refractivity contribution in [1.29, 1.82) is 0 Å².